The standard InChI is InChI=1S/C17H20F2N4O/c1-17(2)10-23(14(17)11-7-5-4-6-8-11)16(24)21-12-9-20-22(3)13(12)15(18)19/h4-9,14-15H,10H2,1-3H3,(H,21,24). The Balaban J connectivity index is 1.81. The van der Waals surface area contributed by atoms with Crippen LogP contribution in [0.1, 0.15) is 37.6 Å². The molecule has 5 nitrogen and oxygen atoms in total. The average Bonchev–Trinajstić information content (AvgIpc) is 2.86. The van der Waals surface area contributed by atoms with E-state index in [-0.39, 0.29) is 22.8 Å². The molecule has 1 saturated heterocycles. The topological polar surface area (TPSA) is 50.2 Å². The van der Waals surface area contributed by atoms with Crippen molar-refractivity contribution in [2.75, 3.05) is 11.9 Å². The summed E-state index contributed by atoms with van der Waals surface area (Å²) in [6.07, 6.45) is -1.45. The van der Waals surface area contributed by atoms with Crippen LogP contribution >= 0.6 is 0 Å². The van der Waals surface area contributed by atoms with Gasteiger partial charge in [-0.25, -0.2) is 13.6 Å². The van der Waals surface area contributed by atoms with Crippen molar-refractivity contribution >= 4 is 11.7 Å². The van der Waals surface area contributed by atoms with Gasteiger partial charge in [-0.05, 0) is 5.56 Å². The fourth-order valence-electron chi connectivity index (χ4n) is 3.37. The smallest absolute Gasteiger partial charge is 0.316 e. The molecule has 1 N–H and O–H groups in total. The number of hydrogen-bond acceptors (Lipinski definition) is 2. The summed E-state index contributed by atoms with van der Waals surface area (Å²) < 4.78 is 27.3. The first-order chi connectivity index (χ1) is 11.3. The van der Waals surface area contributed by atoms with E-state index in [4.69, 9.17) is 0 Å². The minimum Gasteiger partial charge on any atom is -0.316 e. The number of nitrogens with one attached hydrogen (secondary N) is 1. The normalized spacial score (nSPS) is 19.2. The lowest BCUT2D eigenvalue weighted by molar-refractivity contribution is -0.0115. The highest BCUT2D eigenvalue weighted by atomic mass is 19.3. The van der Waals surface area contributed by atoms with Gasteiger partial charge in [-0.2, -0.15) is 5.10 Å². The summed E-state index contributed by atoms with van der Waals surface area (Å²) in [5.74, 6) is 0. The van der Waals surface area contributed by atoms with Crippen molar-refractivity contribution in [1.29, 1.82) is 0 Å². The number of rotatable bonds is 3. The molecule has 0 bridgehead atoms. The minimum atomic E-state index is -2.70. The number of likely N-dealkylation sites (tertiary alicyclic amines) is 1. The van der Waals surface area contributed by atoms with E-state index in [9.17, 15) is 13.6 Å². The number of aromatic nitrogens is 2. The molecule has 1 atom stereocenters. The van der Waals surface area contributed by atoms with Gasteiger partial charge < -0.3 is 10.2 Å². The molecule has 0 radical (unpaired) electrons. The lowest BCUT2D eigenvalue weighted by Crippen LogP contribution is -2.59. The first kappa shape index (κ1) is 16.4. The fraction of sp³-hybridized carbons (Fsp3) is 0.412. The summed E-state index contributed by atoms with van der Waals surface area (Å²) in [6, 6.07) is 9.24. The largest absolute Gasteiger partial charge is 0.322 e. The maximum Gasteiger partial charge on any atom is 0.322 e. The Bertz CT molecular complexity index is 742. The van der Waals surface area contributed by atoms with Gasteiger partial charge in [-0.3, -0.25) is 4.68 Å². The third-order valence-corrected chi connectivity index (χ3v) is 4.44. The number of aryl methyl sites for hydroxylation is 1. The lowest BCUT2D eigenvalue weighted by atomic mass is 9.72. The van der Waals surface area contributed by atoms with Crippen molar-refractivity contribution in [1.82, 2.24) is 14.7 Å². The number of anilines is 1. The molecule has 1 aliphatic heterocycles. The predicted octanol–water partition coefficient (Wildman–Crippen LogP) is 3.97. The number of hydrogen-bond donors (Lipinski definition) is 1. The van der Waals surface area contributed by atoms with E-state index in [0.29, 0.717) is 6.54 Å². The number of urea groups is 1. The van der Waals surface area contributed by atoms with E-state index in [1.165, 1.54) is 13.2 Å². The van der Waals surface area contributed by atoms with Crippen LogP contribution < -0.4 is 5.32 Å². The van der Waals surface area contributed by atoms with Crippen molar-refractivity contribution in [3.05, 3.63) is 47.8 Å². The summed E-state index contributed by atoms with van der Waals surface area (Å²) >= 11 is 0. The third-order valence-electron chi connectivity index (χ3n) is 4.44. The maximum absolute atomic E-state index is 13.1. The summed E-state index contributed by atoms with van der Waals surface area (Å²) in [5, 5.41) is 6.38. The Morgan fingerprint density at radius 3 is 2.58 bits per heavy atom. The van der Waals surface area contributed by atoms with Gasteiger partial charge in [0.15, 0.2) is 0 Å². The second kappa shape index (κ2) is 5.89. The molecule has 1 aliphatic rings. The Labute approximate surface area is 139 Å². The molecule has 0 aliphatic carbocycles. The molecule has 2 heterocycles. The number of nitrogens with zero attached hydrogens (tertiary/aromatic N) is 3. The molecule has 3 rings (SSSR count). The second-order valence-corrected chi connectivity index (χ2v) is 6.73. The Morgan fingerprint density at radius 1 is 1.33 bits per heavy atom. The third kappa shape index (κ3) is 2.74. The summed E-state index contributed by atoms with van der Waals surface area (Å²) in [4.78, 5) is 14.2. The molecule has 2 aromatic rings. The zero-order chi connectivity index (χ0) is 17.5. The first-order valence-corrected chi connectivity index (χ1v) is 7.74. The van der Waals surface area contributed by atoms with Crippen LogP contribution in [0.3, 0.4) is 0 Å². The second-order valence-electron chi connectivity index (χ2n) is 6.73. The van der Waals surface area contributed by atoms with E-state index in [1.807, 2.05) is 30.3 Å². The highest BCUT2D eigenvalue weighted by Gasteiger charge is 2.49. The minimum absolute atomic E-state index is 0.0500. The van der Waals surface area contributed by atoms with Gasteiger partial charge in [0, 0.05) is 19.0 Å². The van der Waals surface area contributed by atoms with Gasteiger partial charge >= 0.3 is 6.03 Å². The summed E-state index contributed by atoms with van der Waals surface area (Å²) in [5.41, 5.74) is 0.719. The van der Waals surface area contributed by atoms with Crippen LogP contribution in [0.4, 0.5) is 19.3 Å². The monoisotopic (exact) mass is 334 g/mol. The number of benzene rings is 1. The van der Waals surface area contributed by atoms with Crippen LogP contribution in [0.2, 0.25) is 0 Å². The Morgan fingerprint density at radius 2 is 2.00 bits per heavy atom. The van der Waals surface area contributed by atoms with E-state index in [1.54, 1.807) is 4.90 Å². The molecule has 1 aromatic heterocycles. The van der Waals surface area contributed by atoms with Crippen LogP contribution in [0.5, 0.6) is 0 Å². The molecule has 24 heavy (non-hydrogen) atoms. The molecule has 0 saturated carbocycles. The first-order valence-electron chi connectivity index (χ1n) is 7.74. The van der Waals surface area contributed by atoms with E-state index >= 15 is 0 Å². The zero-order valence-electron chi connectivity index (χ0n) is 13.8. The lowest BCUT2D eigenvalue weighted by Gasteiger charge is -2.54. The molecular formula is C17H20F2N4O. The van der Waals surface area contributed by atoms with Gasteiger partial charge in [0.05, 0.1) is 17.9 Å². The van der Waals surface area contributed by atoms with Gasteiger partial charge in [0.1, 0.15) is 5.69 Å². The molecule has 7 heteroatoms. The summed E-state index contributed by atoms with van der Waals surface area (Å²) in [7, 11) is 1.43. The van der Waals surface area contributed by atoms with Crippen molar-refractivity contribution in [2.45, 2.75) is 26.3 Å². The van der Waals surface area contributed by atoms with E-state index in [2.05, 4.69) is 24.3 Å². The number of halogens is 2. The number of carbonyl (C=O) groups excluding carboxylic acids is 1. The van der Waals surface area contributed by atoms with Gasteiger partial charge in [-0.1, -0.05) is 44.2 Å². The van der Waals surface area contributed by atoms with Gasteiger partial charge in [0.25, 0.3) is 6.43 Å². The van der Waals surface area contributed by atoms with E-state index in [0.717, 1.165) is 10.2 Å². The molecule has 1 unspecified atom stereocenters. The SMILES string of the molecule is Cn1ncc(NC(=O)N2CC(C)(C)C2c2ccccc2)c1C(F)F. The number of carbonyl (C=O) groups is 1. The van der Waals surface area contributed by atoms with Crippen molar-refractivity contribution in [3.63, 3.8) is 0 Å². The number of amides is 2. The van der Waals surface area contributed by atoms with Crippen LogP contribution in [0, 0.1) is 5.41 Å². The predicted molar refractivity (Wildman–Crippen MR) is 86.9 cm³/mol. The van der Waals surface area contributed by atoms with Crippen LogP contribution in [-0.4, -0.2) is 27.3 Å². The van der Waals surface area contributed by atoms with E-state index < -0.39 is 12.5 Å². The quantitative estimate of drug-likeness (QED) is 0.923. The molecule has 128 valence electrons. The number of alkyl halides is 2. The molecule has 0 spiro atoms. The molecule has 1 fully saturated rings. The van der Waals surface area contributed by atoms with Gasteiger partial charge in [0.2, 0.25) is 0 Å². The van der Waals surface area contributed by atoms with Crippen molar-refractivity contribution in [3.8, 4) is 0 Å². The van der Waals surface area contributed by atoms with Crippen molar-refractivity contribution < 1.29 is 13.6 Å². The highest BCUT2D eigenvalue weighted by Crippen LogP contribution is 2.48. The summed E-state index contributed by atoms with van der Waals surface area (Å²) in [6.45, 7) is 4.73. The Hall–Kier alpha value is -2.44. The van der Waals surface area contributed by atoms with Crippen molar-refractivity contribution in [2.24, 2.45) is 12.5 Å². The zero-order valence-corrected chi connectivity index (χ0v) is 13.8. The Kier molecular flexibility index (Phi) is 4.03. The maximum atomic E-state index is 13.1. The van der Waals surface area contributed by atoms with Crippen LogP contribution in [-0.2, 0) is 7.05 Å². The average molecular weight is 334 g/mol. The highest BCUT2D eigenvalue weighted by molar-refractivity contribution is 5.91. The van der Waals surface area contributed by atoms with Gasteiger partial charge in [-0.15, -0.1) is 0 Å². The molecule has 1 aromatic carbocycles. The van der Waals surface area contributed by atoms with Crippen LogP contribution in [0.15, 0.2) is 36.5 Å². The molecular weight excluding hydrogens is 314 g/mol. The molecule has 2 amide bonds. The fourth-order valence-corrected chi connectivity index (χ4v) is 3.37. The van der Waals surface area contributed by atoms with Crippen LogP contribution in [0.25, 0.3) is 0 Å².